The van der Waals surface area contributed by atoms with Crippen LogP contribution in [0.3, 0.4) is 0 Å². The molecule has 0 fully saturated rings. The summed E-state index contributed by atoms with van der Waals surface area (Å²) >= 11 is 0. The summed E-state index contributed by atoms with van der Waals surface area (Å²) in [5.41, 5.74) is 2.30. The summed E-state index contributed by atoms with van der Waals surface area (Å²) in [6.07, 6.45) is 7.19. The Hall–Kier alpha value is -2.42. The molecule has 0 aliphatic carbocycles. The van der Waals surface area contributed by atoms with E-state index in [-0.39, 0.29) is 24.0 Å². The molecule has 0 aliphatic rings. The van der Waals surface area contributed by atoms with Crippen LogP contribution in [0.2, 0.25) is 0 Å². The van der Waals surface area contributed by atoms with Crippen molar-refractivity contribution in [1.29, 1.82) is 0 Å². The molecule has 2 heterocycles. The van der Waals surface area contributed by atoms with Crippen molar-refractivity contribution in [2.45, 2.75) is 13.1 Å². The van der Waals surface area contributed by atoms with Crippen molar-refractivity contribution in [2.75, 3.05) is 7.05 Å². The van der Waals surface area contributed by atoms with Crippen molar-refractivity contribution in [2.24, 2.45) is 4.99 Å². The highest BCUT2D eigenvalue weighted by atomic mass is 127. The molecule has 0 saturated carbocycles. The molecule has 0 unspecified atom stereocenters. The molecule has 3 rings (SSSR count). The van der Waals surface area contributed by atoms with E-state index in [4.69, 9.17) is 0 Å². The van der Waals surface area contributed by atoms with Crippen molar-refractivity contribution in [3.05, 3.63) is 78.5 Å². The van der Waals surface area contributed by atoms with Crippen LogP contribution in [0.1, 0.15) is 11.1 Å². The fourth-order valence-corrected chi connectivity index (χ4v) is 2.26. The third kappa shape index (κ3) is 5.56. The molecule has 0 aliphatic heterocycles. The van der Waals surface area contributed by atoms with Gasteiger partial charge in [0.1, 0.15) is 12.1 Å². The molecular weight excluding hydrogens is 427 g/mol. The topological polar surface area (TPSA) is 67.1 Å². The Morgan fingerprint density at radius 2 is 1.80 bits per heavy atom. The second-order valence-electron chi connectivity index (χ2n) is 5.26. The number of benzene rings is 1. The quantitative estimate of drug-likeness (QED) is 0.358. The predicted molar refractivity (Wildman–Crippen MR) is 110 cm³/mol. The maximum Gasteiger partial charge on any atom is 0.191 e. The summed E-state index contributed by atoms with van der Waals surface area (Å²) in [4.78, 5) is 12.7. The normalized spacial score (nSPS) is 10.8. The van der Waals surface area contributed by atoms with Crippen LogP contribution in [0.4, 0.5) is 0 Å². The Labute approximate surface area is 164 Å². The van der Waals surface area contributed by atoms with Gasteiger partial charge in [-0.2, -0.15) is 0 Å². The summed E-state index contributed by atoms with van der Waals surface area (Å²) in [5, 5.41) is 6.59. The van der Waals surface area contributed by atoms with Gasteiger partial charge in [0, 0.05) is 38.7 Å². The summed E-state index contributed by atoms with van der Waals surface area (Å²) in [6, 6.07) is 14.2. The minimum atomic E-state index is 0. The number of guanidine groups is 1. The van der Waals surface area contributed by atoms with Gasteiger partial charge in [0.05, 0.1) is 0 Å². The lowest BCUT2D eigenvalue weighted by molar-refractivity contribution is 0.805. The Morgan fingerprint density at radius 3 is 2.40 bits per heavy atom. The fourth-order valence-electron chi connectivity index (χ4n) is 2.26. The van der Waals surface area contributed by atoms with E-state index in [0.29, 0.717) is 6.54 Å². The van der Waals surface area contributed by atoms with Gasteiger partial charge in [-0.25, -0.2) is 9.97 Å². The van der Waals surface area contributed by atoms with Crippen LogP contribution >= 0.6 is 24.0 Å². The number of halogens is 1. The number of hydrogen-bond donors (Lipinski definition) is 2. The van der Waals surface area contributed by atoms with E-state index in [9.17, 15) is 0 Å². The number of imidazole rings is 1. The van der Waals surface area contributed by atoms with Crippen molar-refractivity contribution in [1.82, 2.24) is 25.2 Å². The Balaban J connectivity index is 0.00000225. The third-order valence-corrected chi connectivity index (χ3v) is 3.56. The van der Waals surface area contributed by atoms with E-state index >= 15 is 0 Å². The number of aliphatic imine (C=N–C) groups is 1. The number of rotatable bonds is 5. The first-order valence-electron chi connectivity index (χ1n) is 7.77. The Kier molecular flexibility index (Phi) is 7.39. The zero-order chi connectivity index (χ0) is 16.6. The van der Waals surface area contributed by atoms with E-state index in [1.807, 2.05) is 47.3 Å². The number of pyridine rings is 1. The van der Waals surface area contributed by atoms with Gasteiger partial charge in [-0.15, -0.1) is 24.0 Å². The molecule has 7 heteroatoms. The third-order valence-electron chi connectivity index (χ3n) is 3.56. The molecular formula is C18H21IN6. The minimum absolute atomic E-state index is 0. The maximum absolute atomic E-state index is 4.44. The molecule has 6 nitrogen and oxygen atoms in total. The molecule has 130 valence electrons. The van der Waals surface area contributed by atoms with E-state index in [1.54, 1.807) is 19.6 Å². The Morgan fingerprint density at radius 1 is 1.04 bits per heavy atom. The van der Waals surface area contributed by atoms with Crippen LogP contribution in [0.15, 0.2) is 72.4 Å². The van der Waals surface area contributed by atoms with E-state index in [0.717, 1.165) is 23.9 Å². The summed E-state index contributed by atoms with van der Waals surface area (Å²) in [6.45, 7) is 1.39. The first kappa shape index (κ1) is 18.9. The van der Waals surface area contributed by atoms with Gasteiger partial charge in [0.15, 0.2) is 5.96 Å². The molecule has 0 saturated heterocycles. The van der Waals surface area contributed by atoms with Gasteiger partial charge in [-0.1, -0.05) is 36.4 Å². The van der Waals surface area contributed by atoms with Crippen LogP contribution in [0.5, 0.6) is 0 Å². The van der Waals surface area contributed by atoms with Crippen LogP contribution < -0.4 is 10.6 Å². The smallest absolute Gasteiger partial charge is 0.191 e. The summed E-state index contributed by atoms with van der Waals surface area (Å²) < 4.78 is 1.87. The van der Waals surface area contributed by atoms with Crippen LogP contribution in [-0.2, 0) is 13.1 Å². The average Bonchev–Trinajstić information content (AvgIpc) is 3.18. The van der Waals surface area contributed by atoms with Crippen LogP contribution in [0, 0.1) is 0 Å². The number of nitrogens with zero attached hydrogens (tertiary/aromatic N) is 4. The fraction of sp³-hybridized carbons (Fsp3) is 0.167. The lowest BCUT2D eigenvalue weighted by Crippen LogP contribution is -2.36. The van der Waals surface area contributed by atoms with Gasteiger partial charge in [-0.05, 0) is 17.2 Å². The summed E-state index contributed by atoms with van der Waals surface area (Å²) in [7, 11) is 1.76. The van der Waals surface area contributed by atoms with E-state index in [1.165, 1.54) is 5.56 Å². The maximum atomic E-state index is 4.44. The highest BCUT2D eigenvalue weighted by molar-refractivity contribution is 14.0. The second kappa shape index (κ2) is 9.77. The molecule has 0 radical (unpaired) electrons. The average molecular weight is 448 g/mol. The van der Waals surface area contributed by atoms with Gasteiger partial charge in [0.25, 0.3) is 0 Å². The largest absolute Gasteiger partial charge is 0.352 e. The SMILES string of the molecule is CN=C(NCc1ccccc1)NCc1ccc(-n2ccnc2)nc1.I. The molecule has 2 N–H and O–H groups in total. The molecule has 0 amide bonds. The van der Waals surface area contributed by atoms with Crippen LogP contribution in [-0.4, -0.2) is 27.5 Å². The highest BCUT2D eigenvalue weighted by Crippen LogP contribution is 2.05. The zero-order valence-corrected chi connectivity index (χ0v) is 16.3. The molecule has 25 heavy (non-hydrogen) atoms. The monoisotopic (exact) mass is 448 g/mol. The summed E-state index contributed by atoms with van der Waals surface area (Å²) in [5.74, 6) is 1.61. The standard InChI is InChI=1S/C18H20N6.HI/c1-19-18(22-11-15-5-3-2-4-6-15)23-13-16-7-8-17(21-12-16)24-10-9-20-14-24;/h2-10,12,14H,11,13H2,1H3,(H2,19,22,23);1H. The first-order chi connectivity index (χ1) is 11.8. The van der Waals surface area contributed by atoms with Crippen molar-refractivity contribution in [3.63, 3.8) is 0 Å². The Bertz CT molecular complexity index is 769. The minimum Gasteiger partial charge on any atom is -0.352 e. The van der Waals surface area contributed by atoms with Crippen LogP contribution in [0.25, 0.3) is 5.82 Å². The molecule has 1 aromatic carbocycles. The van der Waals surface area contributed by atoms with Gasteiger partial charge >= 0.3 is 0 Å². The number of nitrogens with one attached hydrogen (secondary N) is 2. The van der Waals surface area contributed by atoms with Gasteiger partial charge < -0.3 is 10.6 Å². The highest BCUT2D eigenvalue weighted by Gasteiger charge is 2.01. The molecule has 0 bridgehead atoms. The lowest BCUT2D eigenvalue weighted by atomic mass is 10.2. The molecule has 0 spiro atoms. The zero-order valence-electron chi connectivity index (χ0n) is 14.0. The molecule has 3 aromatic rings. The lowest BCUT2D eigenvalue weighted by Gasteiger charge is -2.12. The van der Waals surface area contributed by atoms with Gasteiger partial charge in [0.2, 0.25) is 0 Å². The van der Waals surface area contributed by atoms with E-state index in [2.05, 4.69) is 37.7 Å². The van der Waals surface area contributed by atoms with Crippen molar-refractivity contribution < 1.29 is 0 Å². The molecule has 2 aromatic heterocycles. The van der Waals surface area contributed by atoms with Gasteiger partial charge in [-0.3, -0.25) is 9.56 Å². The number of hydrogen-bond acceptors (Lipinski definition) is 3. The van der Waals surface area contributed by atoms with Crippen molar-refractivity contribution in [3.8, 4) is 5.82 Å². The molecule has 0 atom stereocenters. The predicted octanol–water partition coefficient (Wildman–Crippen LogP) is 2.75. The van der Waals surface area contributed by atoms with Crippen molar-refractivity contribution >= 4 is 29.9 Å². The first-order valence-corrected chi connectivity index (χ1v) is 7.77. The number of aromatic nitrogens is 3. The second-order valence-corrected chi connectivity index (χ2v) is 5.26. The van der Waals surface area contributed by atoms with E-state index < -0.39 is 0 Å².